The number of hydrogen-bond donors (Lipinski definition) is 0. The molecule has 0 N–H and O–H groups in total. The van der Waals surface area contributed by atoms with Gasteiger partial charge in [0.15, 0.2) is 0 Å². The number of nitrogens with zero attached hydrogens (tertiary/aromatic N) is 3. The van der Waals surface area contributed by atoms with Crippen molar-refractivity contribution in [2.24, 2.45) is 0 Å². The highest BCUT2D eigenvalue weighted by Crippen LogP contribution is 2.30. The number of fused-ring (bicyclic) bond motifs is 1. The van der Waals surface area contributed by atoms with Gasteiger partial charge in [0, 0.05) is 17.5 Å². The first-order chi connectivity index (χ1) is 8.40. The Morgan fingerprint density at radius 2 is 2.29 bits per heavy atom. The van der Waals surface area contributed by atoms with Gasteiger partial charge in [-0.05, 0) is 31.4 Å². The van der Waals surface area contributed by atoms with E-state index in [0.29, 0.717) is 6.54 Å². The van der Waals surface area contributed by atoms with Crippen molar-refractivity contribution in [3.63, 3.8) is 0 Å². The Balaban J connectivity index is 2.13. The van der Waals surface area contributed by atoms with Crippen LogP contribution >= 0.6 is 0 Å². The minimum Gasteiger partial charge on any atom is -0.257 e. The van der Waals surface area contributed by atoms with Gasteiger partial charge >= 0.3 is 0 Å². The lowest BCUT2D eigenvalue weighted by atomic mass is 10.1. The van der Waals surface area contributed by atoms with Crippen LogP contribution in [-0.2, 0) is 19.4 Å². The molecule has 1 aliphatic rings. The van der Waals surface area contributed by atoms with Gasteiger partial charge < -0.3 is 0 Å². The molecule has 0 bridgehead atoms. The molecule has 3 rings (SSSR count). The highest BCUT2D eigenvalue weighted by Gasteiger charge is 2.23. The molecule has 0 spiro atoms. The molecule has 84 valence electrons. The fraction of sp³-hybridized carbons (Fsp3) is 0.286. The van der Waals surface area contributed by atoms with E-state index >= 15 is 0 Å². The Morgan fingerprint density at radius 3 is 3.06 bits per heavy atom. The van der Waals surface area contributed by atoms with Gasteiger partial charge in [0.2, 0.25) is 0 Å². The Labute approximate surface area is 100 Å². The van der Waals surface area contributed by atoms with Gasteiger partial charge in [-0.15, -0.1) is 6.42 Å². The number of aromatic nitrogens is 3. The molecular weight excluding hydrogens is 210 g/mol. The van der Waals surface area contributed by atoms with Crippen molar-refractivity contribution in [3.05, 3.63) is 35.7 Å². The van der Waals surface area contributed by atoms with Crippen molar-refractivity contribution in [2.45, 2.75) is 25.8 Å². The van der Waals surface area contributed by atoms with E-state index in [2.05, 4.69) is 16.0 Å². The molecule has 2 aromatic rings. The van der Waals surface area contributed by atoms with Gasteiger partial charge in [-0.3, -0.25) is 9.67 Å². The highest BCUT2D eigenvalue weighted by molar-refractivity contribution is 5.61. The molecule has 0 saturated heterocycles. The first kappa shape index (κ1) is 10.1. The SMILES string of the molecule is C#CCn1nc(-c2ccccn2)c2c1CCC2. The molecule has 3 heteroatoms. The first-order valence-electron chi connectivity index (χ1n) is 5.83. The molecule has 0 atom stereocenters. The molecule has 17 heavy (non-hydrogen) atoms. The second-order valence-electron chi connectivity index (χ2n) is 4.20. The molecule has 3 nitrogen and oxygen atoms in total. The standard InChI is InChI=1S/C14H13N3/c1-2-10-17-13-8-5-6-11(13)14(16-17)12-7-3-4-9-15-12/h1,3-4,7,9H,5-6,8,10H2. The zero-order valence-electron chi connectivity index (χ0n) is 9.56. The summed E-state index contributed by atoms with van der Waals surface area (Å²) in [7, 11) is 0. The average molecular weight is 223 g/mol. The van der Waals surface area contributed by atoms with Crippen LogP contribution in [0.15, 0.2) is 24.4 Å². The summed E-state index contributed by atoms with van der Waals surface area (Å²) in [4.78, 5) is 4.37. The molecule has 0 fully saturated rings. The number of rotatable bonds is 2. The van der Waals surface area contributed by atoms with E-state index in [-0.39, 0.29) is 0 Å². The van der Waals surface area contributed by atoms with Gasteiger partial charge in [0.25, 0.3) is 0 Å². The summed E-state index contributed by atoms with van der Waals surface area (Å²) in [6, 6.07) is 5.91. The summed E-state index contributed by atoms with van der Waals surface area (Å²) in [5.74, 6) is 2.66. The van der Waals surface area contributed by atoms with Gasteiger partial charge in [-0.1, -0.05) is 12.0 Å². The number of terminal acetylenes is 1. The molecule has 2 aromatic heterocycles. The molecule has 0 aromatic carbocycles. The van der Waals surface area contributed by atoms with Crippen molar-refractivity contribution in [1.29, 1.82) is 0 Å². The fourth-order valence-corrected chi connectivity index (χ4v) is 2.44. The lowest BCUT2D eigenvalue weighted by Gasteiger charge is -1.99. The minimum absolute atomic E-state index is 0.551. The van der Waals surface area contributed by atoms with Crippen LogP contribution in [0.1, 0.15) is 17.7 Å². The monoisotopic (exact) mass is 223 g/mol. The van der Waals surface area contributed by atoms with Crippen LogP contribution < -0.4 is 0 Å². The third-order valence-corrected chi connectivity index (χ3v) is 3.16. The van der Waals surface area contributed by atoms with Gasteiger partial charge in [0.05, 0.1) is 5.69 Å². The predicted molar refractivity (Wildman–Crippen MR) is 66.3 cm³/mol. The van der Waals surface area contributed by atoms with Crippen LogP contribution in [-0.4, -0.2) is 14.8 Å². The van der Waals surface area contributed by atoms with Crippen LogP contribution in [0.3, 0.4) is 0 Å². The largest absolute Gasteiger partial charge is 0.257 e. The molecule has 0 saturated carbocycles. The zero-order chi connectivity index (χ0) is 11.7. The third-order valence-electron chi connectivity index (χ3n) is 3.16. The first-order valence-corrected chi connectivity index (χ1v) is 5.83. The Bertz CT molecular complexity index is 576. The van der Waals surface area contributed by atoms with Gasteiger partial charge in [-0.2, -0.15) is 5.10 Å². The lowest BCUT2D eigenvalue weighted by molar-refractivity contribution is 0.668. The Hall–Kier alpha value is -2.08. The van der Waals surface area contributed by atoms with E-state index in [9.17, 15) is 0 Å². The van der Waals surface area contributed by atoms with Crippen molar-refractivity contribution in [1.82, 2.24) is 14.8 Å². The van der Waals surface area contributed by atoms with E-state index in [0.717, 1.165) is 24.2 Å². The van der Waals surface area contributed by atoms with Crippen LogP contribution in [0.2, 0.25) is 0 Å². The van der Waals surface area contributed by atoms with Crippen LogP contribution in [0, 0.1) is 12.3 Å². The summed E-state index contributed by atoms with van der Waals surface area (Å²) >= 11 is 0. The maximum Gasteiger partial charge on any atom is 0.114 e. The highest BCUT2D eigenvalue weighted by atomic mass is 15.3. The second-order valence-corrected chi connectivity index (χ2v) is 4.20. The molecule has 2 heterocycles. The Kier molecular flexibility index (Phi) is 2.41. The predicted octanol–water partition coefficient (Wildman–Crippen LogP) is 2.07. The zero-order valence-corrected chi connectivity index (χ0v) is 9.56. The third kappa shape index (κ3) is 1.62. The van der Waals surface area contributed by atoms with Gasteiger partial charge in [-0.25, -0.2) is 0 Å². The van der Waals surface area contributed by atoms with Crippen molar-refractivity contribution < 1.29 is 0 Å². The minimum atomic E-state index is 0.551. The van der Waals surface area contributed by atoms with Crippen molar-refractivity contribution in [2.75, 3.05) is 0 Å². The van der Waals surface area contributed by atoms with Crippen molar-refractivity contribution >= 4 is 0 Å². The molecule has 0 unspecified atom stereocenters. The smallest absolute Gasteiger partial charge is 0.114 e. The molecule has 0 aliphatic heterocycles. The van der Waals surface area contributed by atoms with E-state index in [1.807, 2.05) is 22.9 Å². The van der Waals surface area contributed by atoms with E-state index < -0.39 is 0 Å². The Morgan fingerprint density at radius 1 is 1.35 bits per heavy atom. The quantitative estimate of drug-likeness (QED) is 0.730. The van der Waals surface area contributed by atoms with Gasteiger partial charge in [0.1, 0.15) is 12.2 Å². The molecule has 0 radical (unpaired) electrons. The van der Waals surface area contributed by atoms with E-state index in [4.69, 9.17) is 6.42 Å². The lowest BCUT2D eigenvalue weighted by Crippen LogP contribution is -2.02. The normalized spacial score (nSPS) is 13.4. The summed E-state index contributed by atoms with van der Waals surface area (Å²) in [5.41, 5.74) is 4.58. The van der Waals surface area contributed by atoms with E-state index in [1.54, 1.807) is 6.20 Å². The van der Waals surface area contributed by atoms with Crippen LogP contribution in [0.5, 0.6) is 0 Å². The summed E-state index contributed by atoms with van der Waals surface area (Å²) in [5, 5.41) is 4.60. The topological polar surface area (TPSA) is 30.7 Å². The van der Waals surface area contributed by atoms with Crippen LogP contribution in [0.4, 0.5) is 0 Å². The summed E-state index contributed by atoms with van der Waals surface area (Å²) in [6.07, 6.45) is 10.5. The molecule has 1 aliphatic carbocycles. The van der Waals surface area contributed by atoms with E-state index in [1.165, 1.54) is 17.7 Å². The molecular formula is C14H13N3. The second kappa shape index (κ2) is 4.06. The summed E-state index contributed by atoms with van der Waals surface area (Å²) < 4.78 is 1.95. The average Bonchev–Trinajstić information content (AvgIpc) is 2.94. The maximum absolute atomic E-state index is 5.38. The number of hydrogen-bond acceptors (Lipinski definition) is 2. The fourth-order valence-electron chi connectivity index (χ4n) is 2.44. The van der Waals surface area contributed by atoms with Crippen molar-refractivity contribution in [3.8, 4) is 23.7 Å². The maximum atomic E-state index is 5.38. The summed E-state index contributed by atoms with van der Waals surface area (Å²) in [6.45, 7) is 0.551. The molecule has 0 amide bonds. The number of pyridine rings is 1. The van der Waals surface area contributed by atoms with Crippen LogP contribution in [0.25, 0.3) is 11.4 Å².